The summed E-state index contributed by atoms with van der Waals surface area (Å²) in [6, 6.07) is 9.21. The number of hydrogen-bond donors (Lipinski definition) is 1. The third-order valence-electron chi connectivity index (χ3n) is 3.18. The first kappa shape index (κ1) is 14.1. The van der Waals surface area contributed by atoms with Crippen molar-refractivity contribution >= 4 is 11.8 Å². The molecule has 0 amide bonds. The fraction of sp³-hybridized carbons (Fsp3) is 0.250. The van der Waals surface area contributed by atoms with E-state index in [4.69, 9.17) is 4.74 Å². The molecule has 104 valence electrons. The van der Waals surface area contributed by atoms with Gasteiger partial charge in [0, 0.05) is 6.20 Å². The van der Waals surface area contributed by atoms with Gasteiger partial charge in [0.2, 0.25) is 5.78 Å². The van der Waals surface area contributed by atoms with Crippen LogP contribution in [0.2, 0.25) is 0 Å². The van der Waals surface area contributed by atoms with Crippen LogP contribution in [0.3, 0.4) is 0 Å². The summed E-state index contributed by atoms with van der Waals surface area (Å²) in [5.41, 5.74) is 3.66. The summed E-state index contributed by atoms with van der Waals surface area (Å²) in [5, 5.41) is 0. The monoisotopic (exact) mass is 271 g/mol. The highest BCUT2D eigenvalue weighted by Gasteiger charge is 2.11. The van der Waals surface area contributed by atoms with E-state index in [9.17, 15) is 9.59 Å². The van der Waals surface area contributed by atoms with Gasteiger partial charge in [0.05, 0.1) is 12.1 Å². The molecule has 0 atom stereocenters. The van der Waals surface area contributed by atoms with Crippen molar-refractivity contribution < 1.29 is 14.3 Å². The Morgan fingerprint density at radius 2 is 1.95 bits per heavy atom. The minimum Gasteiger partial charge on any atom is -0.457 e. The largest absolute Gasteiger partial charge is 0.457 e. The van der Waals surface area contributed by atoms with Crippen LogP contribution in [0.5, 0.6) is 0 Å². The standard InChI is InChI=1S/C16H17NO3/c1-11-5-6-13(8-12(11)2)9-16(19)20-10-15(18)14-4-3-7-17-14/h3-8,17H,9-10H2,1-2H3. The van der Waals surface area contributed by atoms with Crippen LogP contribution in [0.15, 0.2) is 36.5 Å². The number of benzene rings is 1. The molecular formula is C16H17NO3. The van der Waals surface area contributed by atoms with Crippen LogP contribution in [0, 0.1) is 13.8 Å². The van der Waals surface area contributed by atoms with Gasteiger partial charge in [-0.25, -0.2) is 0 Å². The number of aromatic amines is 1. The summed E-state index contributed by atoms with van der Waals surface area (Å²) in [6.07, 6.45) is 1.84. The first-order valence-electron chi connectivity index (χ1n) is 6.44. The molecule has 1 heterocycles. The maximum atomic E-state index is 11.7. The van der Waals surface area contributed by atoms with E-state index in [0.717, 1.165) is 11.1 Å². The Morgan fingerprint density at radius 1 is 1.15 bits per heavy atom. The number of ketones is 1. The van der Waals surface area contributed by atoms with Gasteiger partial charge in [-0.05, 0) is 42.7 Å². The molecule has 2 rings (SSSR count). The molecule has 0 saturated heterocycles. The van der Waals surface area contributed by atoms with Crippen molar-refractivity contribution in [2.45, 2.75) is 20.3 Å². The Bertz CT molecular complexity index is 615. The van der Waals surface area contributed by atoms with E-state index in [1.807, 2.05) is 32.0 Å². The number of nitrogens with one attached hydrogen (secondary N) is 1. The molecule has 1 aromatic carbocycles. The van der Waals surface area contributed by atoms with Gasteiger partial charge in [-0.2, -0.15) is 0 Å². The van der Waals surface area contributed by atoms with Gasteiger partial charge in [0.25, 0.3) is 0 Å². The Kier molecular flexibility index (Phi) is 4.35. The molecule has 2 aromatic rings. The van der Waals surface area contributed by atoms with Crippen LogP contribution >= 0.6 is 0 Å². The third-order valence-corrected chi connectivity index (χ3v) is 3.18. The smallest absolute Gasteiger partial charge is 0.310 e. The van der Waals surface area contributed by atoms with Crippen LogP contribution < -0.4 is 0 Å². The van der Waals surface area contributed by atoms with E-state index in [-0.39, 0.29) is 18.8 Å². The lowest BCUT2D eigenvalue weighted by Gasteiger charge is -2.06. The molecule has 1 aromatic heterocycles. The number of hydrogen-bond acceptors (Lipinski definition) is 3. The molecule has 4 nitrogen and oxygen atoms in total. The molecule has 0 aliphatic carbocycles. The van der Waals surface area contributed by atoms with Crippen molar-refractivity contribution in [1.29, 1.82) is 0 Å². The second-order valence-electron chi connectivity index (χ2n) is 4.76. The molecule has 0 unspecified atom stereocenters. The number of Topliss-reactive ketones (excluding diaryl/α,β-unsaturated/α-hetero) is 1. The Balaban J connectivity index is 1.86. The van der Waals surface area contributed by atoms with E-state index in [2.05, 4.69) is 4.98 Å². The van der Waals surface area contributed by atoms with Gasteiger partial charge in [0.15, 0.2) is 6.61 Å². The summed E-state index contributed by atoms with van der Waals surface area (Å²) >= 11 is 0. The van der Waals surface area contributed by atoms with Gasteiger partial charge >= 0.3 is 5.97 Å². The number of aromatic nitrogens is 1. The van der Waals surface area contributed by atoms with Crippen LogP contribution in [-0.2, 0) is 16.0 Å². The van der Waals surface area contributed by atoms with Crippen molar-refractivity contribution in [2.24, 2.45) is 0 Å². The number of esters is 1. The molecule has 0 spiro atoms. The van der Waals surface area contributed by atoms with Crippen molar-refractivity contribution in [3.05, 3.63) is 58.9 Å². The zero-order valence-corrected chi connectivity index (χ0v) is 11.6. The minimum atomic E-state index is -0.395. The third kappa shape index (κ3) is 3.57. The molecule has 0 aliphatic rings. The number of carbonyl (C=O) groups excluding carboxylic acids is 2. The Labute approximate surface area is 117 Å². The van der Waals surface area contributed by atoms with E-state index in [1.54, 1.807) is 18.3 Å². The summed E-state index contributed by atoms with van der Waals surface area (Å²) in [7, 11) is 0. The molecule has 0 radical (unpaired) electrons. The van der Waals surface area contributed by atoms with Crippen LogP contribution in [0.1, 0.15) is 27.2 Å². The molecule has 0 aliphatic heterocycles. The predicted molar refractivity (Wildman–Crippen MR) is 75.7 cm³/mol. The number of ether oxygens (including phenoxy) is 1. The van der Waals surface area contributed by atoms with Gasteiger partial charge < -0.3 is 9.72 Å². The van der Waals surface area contributed by atoms with Crippen molar-refractivity contribution in [2.75, 3.05) is 6.61 Å². The van der Waals surface area contributed by atoms with E-state index >= 15 is 0 Å². The summed E-state index contributed by atoms with van der Waals surface area (Å²) < 4.78 is 4.99. The number of H-pyrrole nitrogens is 1. The number of rotatable bonds is 5. The van der Waals surface area contributed by atoms with Gasteiger partial charge in [-0.3, -0.25) is 9.59 Å². The lowest BCUT2D eigenvalue weighted by atomic mass is 10.0. The Hall–Kier alpha value is -2.36. The lowest BCUT2D eigenvalue weighted by Crippen LogP contribution is -2.16. The molecule has 20 heavy (non-hydrogen) atoms. The highest BCUT2D eigenvalue weighted by atomic mass is 16.5. The first-order chi connectivity index (χ1) is 9.56. The average Bonchev–Trinajstić information content (AvgIpc) is 2.94. The van der Waals surface area contributed by atoms with Crippen molar-refractivity contribution in [3.63, 3.8) is 0 Å². The Morgan fingerprint density at radius 3 is 2.60 bits per heavy atom. The van der Waals surface area contributed by atoms with Crippen molar-refractivity contribution in [1.82, 2.24) is 4.98 Å². The number of aryl methyl sites for hydroxylation is 2. The molecule has 0 fully saturated rings. The van der Waals surface area contributed by atoms with Gasteiger partial charge in [0.1, 0.15) is 0 Å². The molecular weight excluding hydrogens is 254 g/mol. The molecule has 0 saturated carbocycles. The van der Waals surface area contributed by atoms with E-state index in [1.165, 1.54) is 5.56 Å². The average molecular weight is 271 g/mol. The maximum Gasteiger partial charge on any atom is 0.310 e. The highest BCUT2D eigenvalue weighted by Crippen LogP contribution is 2.10. The molecule has 1 N–H and O–H groups in total. The second-order valence-corrected chi connectivity index (χ2v) is 4.76. The molecule has 4 heteroatoms. The summed E-state index contributed by atoms with van der Waals surface area (Å²) in [5.74, 6) is -0.628. The fourth-order valence-electron chi connectivity index (χ4n) is 1.86. The first-order valence-corrected chi connectivity index (χ1v) is 6.44. The van der Waals surface area contributed by atoms with Crippen LogP contribution in [-0.4, -0.2) is 23.3 Å². The molecule has 0 bridgehead atoms. The van der Waals surface area contributed by atoms with Gasteiger partial charge in [-0.1, -0.05) is 18.2 Å². The SMILES string of the molecule is Cc1ccc(CC(=O)OCC(=O)c2ccc[nH]2)cc1C. The summed E-state index contributed by atoms with van der Waals surface area (Å²) in [6.45, 7) is 3.79. The van der Waals surface area contributed by atoms with E-state index < -0.39 is 5.97 Å². The van der Waals surface area contributed by atoms with Crippen LogP contribution in [0.25, 0.3) is 0 Å². The quantitative estimate of drug-likeness (QED) is 0.671. The van der Waals surface area contributed by atoms with Crippen LogP contribution in [0.4, 0.5) is 0 Å². The topological polar surface area (TPSA) is 59.2 Å². The predicted octanol–water partition coefficient (Wildman–Crippen LogP) is 2.60. The highest BCUT2D eigenvalue weighted by molar-refractivity contribution is 5.96. The zero-order chi connectivity index (χ0) is 14.5. The normalized spacial score (nSPS) is 10.3. The van der Waals surface area contributed by atoms with Crippen molar-refractivity contribution in [3.8, 4) is 0 Å². The van der Waals surface area contributed by atoms with E-state index in [0.29, 0.717) is 5.69 Å². The van der Waals surface area contributed by atoms with Gasteiger partial charge in [-0.15, -0.1) is 0 Å². The second kappa shape index (κ2) is 6.19. The lowest BCUT2D eigenvalue weighted by molar-refractivity contribution is -0.141. The fourth-order valence-corrected chi connectivity index (χ4v) is 1.86. The minimum absolute atomic E-state index is 0.180. The number of carbonyl (C=O) groups is 2. The maximum absolute atomic E-state index is 11.7. The zero-order valence-electron chi connectivity index (χ0n) is 11.6. The summed E-state index contributed by atoms with van der Waals surface area (Å²) in [4.78, 5) is 26.1.